The number of rotatable bonds is 5. The quantitative estimate of drug-likeness (QED) is 0.497. The molecule has 156 valence electrons. The van der Waals surface area contributed by atoms with Crippen molar-refractivity contribution in [1.29, 1.82) is 0 Å². The summed E-state index contributed by atoms with van der Waals surface area (Å²) in [6, 6.07) is 19.0. The van der Waals surface area contributed by atoms with Crippen molar-refractivity contribution in [3.05, 3.63) is 72.1 Å². The van der Waals surface area contributed by atoms with Crippen LogP contribution >= 0.6 is 0 Å². The Morgan fingerprint density at radius 1 is 1.10 bits per heavy atom. The van der Waals surface area contributed by atoms with Crippen LogP contribution in [-0.2, 0) is 7.05 Å². The molecule has 0 radical (unpaired) electrons. The summed E-state index contributed by atoms with van der Waals surface area (Å²) in [5.74, 6) is 1.49. The molecule has 0 atom stereocenters. The average molecular weight is 415 g/mol. The van der Waals surface area contributed by atoms with Gasteiger partial charge in [-0.3, -0.25) is 9.48 Å². The van der Waals surface area contributed by atoms with Gasteiger partial charge in [-0.2, -0.15) is 10.1 Å². The molecule has 0 spiro atoms. The predicted molar refractivity (Wildman–Crippen MR) is 113 cm³/mol. The minimum Gasteiger partial charge on any atom is -0.486 e. The molecule has 1 amide bonds. The van der Waals surface area contributed by atoms with E-state index in [0.29, 0.717) is 36.2 Å². The lowest BCUT2D eigenvalue weighted by Gasteiger charge is -2.38. The van der Waals surface area contributed by atoms with Crippen molar-refractivity contribution >= 4 is 5.91 Å². The molecule has 2 aromatic heterocycles. The number of aryl methyl sites for hydroxylation is 2. The molecule has 0 saturated carbocycles. The number of likely N-dealkylation sites (tertiary alicyclic amines) is 1. The Bertz CT molecular complexity index is 1210. The maximum atomic E-state index is 12.6. The monoisotopic (exact) mass is 415 g/mol. The van der Waals surface area contributed by atoms with Gasteiger partial charge in [0.15, 0.2) is 5.69 Å². The molecular formula is C23H21N5O3. The molecule has 8 nitrogen and oxygen atoms in total. The molecule has 0 bridgehead atoms. The van der Waals surface area contributed by atoms with Gasteiger partial charge in [-0.15, -0.1) is 0 Å². The van der Waals surface area contributed by atoms with Crippen molar-refractivity contribution in [2.75, 3.05) is 13.1 Å². The number of carbonyl (C=O) groups excluding carboxylic acids is 1. The molecular weight excluding hydrogens is 394 g/mol. The van der Waals surface area contributed by atoms with Crippen molar-refractivity contribution in [3.8, 4) is 28.6 Å². The standard InChI is InChI=1S/C23H21N5O3/c1-15-12-19(25-27(15)2)23(29)28-13-17(14-28)30-20-11-7-6-10-18(20)22-24-21(26-31-22)16-8-4-3-5-9-16/h3-12,17H,13-14H2,1-2H3. The number of hydrogen-bond acceptors (Lipinski definition) is 6. The number of para-hydroxylation sites is 1. The molecule has 8 heteroatoms. The first kappa shape index (κ1) is 19.0. The topological polar surface area (TPSA) is 86.3 Å². The zero-order valence-corrected chi connectivity index (χ0v) is 17.2. The normalized spacial score (nSPS) is 13.8. The highest BCUT2D eigenvalue weighted by Gasteiger charge is 2.34. The minimum absolute atomic E-state index is 0.0822. The third kappa shape index (κ3) is 3.68. The van der Waals surface area contributed by atoms with Gasteiger partial charge < -0.3 is 14.2 Å². The second kappa shape index (κ2) is 7.71. The molecule has 1 fully saturated rings. The molecule has 3 heterocycles. The summed E-state index contributed by atoms with van der Waals surface area (Å²) in [5.41, 5.74) is 3.01. The zero-order valence-electron chi connectivity index (χ0n) is 17.2. The molecule has 1 saturated heterocycles. The summed E-state index contributed by atoms with van der Waals surface area (Å²) in [5, 5.41) is 8.35. The van der Waals surface area contributed by atoms with E-state index in [4.69, 9.17) is 9.26 Å². The summed E-state index contributed by atoms with van der Waals surface area (Å²) < 4.78 is 13.3. The van der Waals surface area contributed by atoms with Gasteiger partial charge >= 0.3 is 0 Å². The SMILES string of the molecule is Cc1cc(C(=O)N2CC(Oc3ccccc3-c3nc(-c4ccccc4)no3)C2)nn1C. The number of ether oxygens (including phenoxy) is 1. The van der Waals surface area contributed by atoms with Crippen LogP contribution in [0.15, 0.2) is 65.2 Å². The van der Waals surface area contributed by atoms with E-state index in [-0.39, 0.29) is 12.0 Å². The Balaban J connectivity index is 1.28. The third-order valence-electron chi connectivity index (χ3n) is 5.34. The second-order valence-corrected chi connectivity index (χ2v) is 7.53. The number of benzene rings is 2. The van der Waals surface area contributed by atoms with E-state index in [2.05, 4.69) is 15.2 Å². The summed E-state index contributed by atoms with van der Waals surface area (Å²) in [4.78, 5) is 18.8. The van der Waals surface area contributed by atoms with E-state index in [1.54, 1.807) is 15.6 Å². The van der Waals surface area contributed by atoms with Crippen LogP contribution in [0, 0.1) is 6.92 Å². The molecule has 2 aromatic carbocycles. The van der Waals surface area contributed by atoms with Crippen LogP contribution in [0.5, 0.6) is 5.75 Å². The van der Waals surface area contributed by atoms with Crippen molar-refractivity contribution in [2.45, 2.75) is 13.0 Å². The lowest BCUT2D eigenvalue weighted by molar-refractivity contribution is 0.0174. The second-order valence-electron chi connectivity index (χ2n) is 7.53. The fourth-order valence-electron chi connectivity index (χ4n) is 3.47. The van der Waals surface area contributed by atoms with Crippen molar-refractivity contribution in [3.63, 3.8) is 0 Å². The summed E-state index contributed by atoms with van der Waals surface area (Å²) in [7, 11) is 1.83. The summed E-state index contributed by atoms with van der Waals surface area (Å²) in [6.07, 6.45) is -0.105. The minimum atomic E-state index is -0.105. The van der Waals surface area contributed by atoms with Crippen LogP contribution < -0.4 is 4.74 Å². The van der Waals surface area contributed by atoms with Crippen LogP contribution in [0.4, 0.5) is 0 Å². The van der Waals surface area contributed by atoms with E-state index < -0.39 is 0 Å². The van der Waals surface area contributed by atoms with Gasteiger partial charge in [0.1, 0.15) is 11.9 Å². The van der Waals surface area contributed by atoms with E-state index in [0.717, 1.165) is 16.8 Å². The van der Waals surface area contributed by atoms with E-state index >= 15 is 0 Å². The molecule has 31 heavy (non-hydrogen) atoms. The van der Waals surface area contributed by atoms with Crippen molar-refractivity contribution < 1.29 is 14.1 Å². The van der Waals surface area contributed by atoms with Gasteiger partial charge in [-0.1, -0.05) is 47.6 Å². The molecule has 1 aliphatic heterocycles. The highest BCUT2D eigenvalue weighted by molar-refractivity contribution is 5.93. The number of carbonyl (C=O) groups is 1. The van der Waals surface area contributed by atoms with Gasteiger partial charge in [-0.05, 0) is 25.1 Å². The summed E-state index contributed by atoms with van der Waals surface area (Å²) in [6.45, 7) is 2.92. The Morgan fingerprint density at radius 3 is 2.58 bits per heavy atom. The Labute approximate surface area is 179 Å². The average Bonchev–Trinajstić information content (AvgIpc) is 3.38. The van der Waals surface area contributed by atoms with Gasteiger partial charge in [0.2, 0.25) is 5.82 Å². The highest BCUT2D eigenvalue weighted by Crippen LogP contribution is 2.32. The maximum Gasteiger partial charge on any atom is 0.274 e. The number of nitrogens with zero attached hydrogens (tertiary/aromatic N) is 5. The van der Waals surface area contributed by atoms with E-state index in [1.807, 2.05) is 68.6 Å². The molecule has 0 N–H and O–H groups in total. The Morgan fingerprint density at radius 2 is 1.84 bits per heavy atom. The lowest BCUT2D eigenvalue weighted by atomic mass is 10.1. The van der Waals surface area contributed by atoms with Gasteiger partial charge in [-0.25, -0.2) is 0 Å². The maximum absolute atomic E-state index is 12.6. The smallest absolute Gasteiger partial charge is 0.274 e. The Hall–Kier alpha value is -3.94. The zero-order chi connectivity index (χ0) is 21.4. The van der Waals surface area contributed by atoms with Gasteiger partial charge in [0.05, 0.1) is 18.7 Å². The molecule has 5 rings (SSSR count). The first-order valence-corrected chi connectivity index (χ1v) is 10.0. The van der Waals surface area contributed by atoms with Crippen LogP contribution in [0.2, 0.25) is 0 Å². The molecule has 0 unspecified atom stereocenters. The Kier molecular flexibility index (Phi) is 4.74. The lowest BCUT2D eigenvalue weighted by Crippen LogP contribution is -2.56. The fraction of sp³-hybridized carbons (Fsp3) is 0.217. The molecule has 1 aliphatic rings. The predicted octanol–water partition coefficient (Wildman–Crippen LogP) is 3.35. The highest BCUT2D eigenvalue weighted by atomic mass is 16.5. The van der Waals surface area contributed by atoms with Crippen LogP contribution in [0.3, 0.4) is 0 Å². The van der Waals surface area contributed by atoms with Crippen LogP contribution in [0.1, 0.15) is 16.2 Å². The summed E-state index contributed by atoms with van der Waals surface area (Å²) >= 11 is 0. The largest absolute Gasteiger partial charge is 0.486 e. The number of amides is 1. The van der Waals surface area contributed by atoms with Crippen LogP contribution in [0.25, 0.3) is 22.8 Å². The number of hydrogen-bond donors (Lipinski definition) is 0. The molecule has 4 aromatic rings. The van der Waals surface area contributed by atoms with Gasteiger partial charge in [0, 0.05) is 18.3 Å². The van der Waals surface area contributed by atoms with E-state index in [1.165, 1.54) is 0 Å². The van der Waals surface area contributed by atoms with Crippen molar-refractivity contribution in [2.24, 2.45) is 7.05 Å². The first-order chi connectivity index (χ1) is 15.1. The van der Waals surface area contributed by atoms with Gasteiger partial charge in [0.25, 0.3) is 11.8 Å². The van der Waals surface area contributed by atoms with Crippen LogP contribution in [-0.4, -0.2) is 49.9 Å². The van der Waals surface area contributed by atoms with E-state index in [9.17, 15) is 4.79 Å². The first-order valence-electron chi connectivity index (χ1n) is 10.0. The third-order valence-corrected chi connectivity index (χ3v) is 5.34. The number of aromatic nitrogens is 4. The fourth-order valence-corrected chi connectivity index (χ4v) is 3.47. The van der Waals surface area contributed by atoms with Crippen molar-refractivity contribution in [1.82, 2.24) is 24.8 Å². The molecule has 0 aliphatic carbocycles.